The predicted molar refractivity (Wildman–Crippen MR) is 135 cm³/mol. The molecule has 0 N–H and O–H groups in total. The number of carbonyl (C=O) groups excluding carboxylic acids is 2. The zero-order valence-corrected chi connectivity index (χ0v) is 22.7. The fraction of sp³-hybridized carbons (Fsp3) is 0.750. The van der Waals surface area contributed by atoms with Gasteiger partial charge in [-0.3, -0.25) is 9.78 Å². The van der Waals surface area contributed by atoms with E-state index in [1.807, 2.05) is 6.92 Å². The number of fused-ring (bicyclic) bond motifs is 2. The van der Waals surface area contributed by atoms with Crippen LogP contribution >= 0.6 is 0 Å². The molecule has 5 atom stereocenters. The van der Waals surface area contributed by atoms with Crippen molar-refractivity contribution in [2.24, 2.45) is 23.2 Å². The molecule has 8 nitrogen and oxygen atoms in total. The summed E-state index contributed by atoms with van der Waals surface area (Å²) in [5.74, 6) is 0.549. The van der Waals surface area contributed by atoms with Crippen LogP contribution in [0.5, 0.6) is 0 Å². The highest BCUT2D eigenvalue weighted by Gasteiger charge is 2.60. The Hall–Kier alpha value is -2.40. The summed E-state index contributed by atoms with van der Waals surface area (Å²) >= 11 is 0. The van der Waals surface area contributed by atoms with E-state index < -0.39 is 23.2 Å². The van der Waals surface area contributed by atoms with E-state index in [-0.39, 0.29) is 31.0 Å². The largest absolute Gasteiger partial charge is 0.449 e. The Morgan fingerprint density at radius 1 is 1.28 bits per heavy atom. The van der Waals surface area contributed by atoms with Crippen molar-refractivity contribution in [2.75, 3.05) is 46.6 Å². The number of likely N-dealkylation sites (tertiary alicyclic amines) is 1. The van der Waals surface area contributed by atoms with Crippen LogP contribution < -0.4 is 0 Å². The van der Waals surface area contributed by atoms with Gasteiger partial charge < -0.3 is 24.0 Å². The number of methoxy groups -OCH3 is 1. The molecule has 0 aromatic carbocycles. The number of hydrogen-bond donors (Lipinski definition) is 0. The quantitative estimate of drug-likeness (QED) is 0.523. The van der Waals surface area contributed by atoms with E-state index in [9.17, 15) is 22.8 Å². The molecule has 0 bridgehead atoms. The third-order valence-corrected chi connectivity index (χ3v) is 9.11. The lowest BCUT2D eigenvalue weighted by Crippen LogP contribution is -2.49. The van der Waals surface area contributed by atoms with E-state index in [0.29, 0.717) is 75.3 Å². The molecule has 1 saturated carbocycles. The SMILES string of the molecule is CCCOC(=O)N1C[C@@H]2C[C@@H](CC3CCOCC3OC)C[C@]2(C(=O)N2CCc3ncc(C(F)(F)F)cc3C2)C1. The van der Waals surface area contributed by atoms with Gasteiger partial charge in [-0.25, -0.2) is 4.79 Å². The molecule has 2 amide bonds. The van der Waals surface area contributed by atoms with E-state index >= 15 is 0 Å². The van der Waals surface area contributed by atoms with Crippen LogP contribution in [0.1, 0.15) is 55.8 Å². The molecule has 0 radical (unpaired) electrons. The maximum Gasteiger partial charge on any atom is 0.417 e. The molecular formula is C28H38F3N3O5. The summed E-state index contributed by atoms with van der Waals surface area (Å²) in [5, 5.41) is 0. The lowest BCUT2D eigenvalue weighted by atomic mass is 9.78. The van der Waals surface area contributed by atoms with Crippen molar-refractivity contribution in [1.29, 1.82) is 0 Å². The summed E-state index contributed by atoms with van der Waals surface area (Å²) in [5.41, 5.74) is -0.528. The van der Waals surface area contributed by atoms with Gasteiger partial charge in [0.1, 0.15) is 0 Å². The normalized spacial score (nSPS) is 30.7. The van der Waals surface area contributed by atoms with Crippen molar-refractivity contribution >= 4 is 12.0 Å². The second-order valence-corrected chi connectivity index (χ2v) is 11.6. The summed E-state index contributed by atoms with van der Waals surface area (Å²) in [6, 6.07) is 1.12. The predicted octanol–water partition coefficient (Wildman–Crippen LogP) is 4.30. The molecule has 5 rings (SSSR count). The molecule has 3 aliphatic heterocycles. The van der Waals surface area contributed by atoms with Crippen molar-refractivity contribution in [3.05, 3.63) is 29.1 Å². The van der Waals surface area contributed by atoms with Gasteiger partial charge in [0.2, 0.25) is 5.91 Å². The maximum atomic E-state index is 14.3. The minimum atomic E-state index is -4.49. The van der Waals surface area contributed by atoms with E-state index in [1.165, 1.54) is 0 Å². The highest BCUT2D eigenvalue weighted by Crippen LogP contribution is 2.54. The van der Waals surface area contributed by atoms with Gasteiger partial charge in [0.15, 0.2) is 0 Å². The first kappa shape index (κ1) is 28.1. The summed E-state index contributed by atoms with van der Waals surface area (Å²) in [6.45, 7) is 4.74. The number of carbonyl (C=O) groups is 2. The van der Waals surface area contributed by atoms with E-state index in [2.05, 4.69) is 4.98 Å². The molecule has 1 aliphatic carbocycles. The van der Waals surface area contributed by atoms with Gasteiger partial charge in [0.05, 0.1) is 30.3 Å². The Bertz CT molecular complexity index is 1070. The monoisotopic (exact) mass is 553 g/mol. The third kappa shape index (κ3) is 5.62. The van der Waals surface area contributed by atoms with E-state index in [0.717, 1.165) is 31.5 Å². The first-order valence-electron chi connectivity index (χ1n) is 14.0. The van der Waals surface area contributed by atoms with Crippen molar-refractivity contribution < 1.29 is 37.0 Å². The van der Waals surface area contributed by atoms with Crippen molar-refractivity contribution in [3.8, 4) is 0 Å². The van der Waals surface area contributed by atoms with Crippen LogP contribution in [0.3, 0.4) is 0 Å². The van der Waals surface area contributed by atoms with Gasteiger partial charge in [0.25, 0.3) is 0 Å². The molecule has 1 aromatic heterocycles. The molecule has 0 spiro atoms. The van der Waals surface area contributed by atoms with Crippen LogP contribution in [0.15, 0.2) is 12.3 Å². The van der Waals surface area contributed by atoms with Crippen LogP contribution in [-0.2, 0) is 38.1 Å². The number of halogens is 3. The number of rotatable bonds is 6. The number of amides is 2. The molecule has 2 unspecified atom stereocenters. The van der Waals surface area contributed by atoms with Gasteiger partial charge in [-0.15, -0.1) is 0 Å². The summed E-state index contributed by atoms with van der Waals surface area (Å²) in [4.78, 5) is 34.5. The summed E-state index contributed by atoms with van der Waals surface area (Å²) in [6.07, 6.45) is 0.419. The van der Waals surface area contributed by atoms with Crippen LogP contribution in [0.25, 0.3) is 0 Å². The first-order chi connectivity index (χ1) is 18.6. The second-order valence-electron chi connectivity index (χ2n) is 11.6. The molecular weight excluding hydrogens is 515 g/mol. The summed E-state index contributed by atoms with van der Waals surface area (Å²) < 4.78 is 56.7. The average molecular weight is 554 g/mol. The van der Waals surface area contributed by atoms with Crippen molar-refractivity contribution in [2.45, 2.75) is 64.3 Å². The Balaban J connectivity index is 1.36. The molecule has 1 aromatic rings. The summed E-state index contributed by atoms with van der Waals surface area (Å²) in [7, 11) is 1.70. The number of alkyl halides is 3. The van der Waals surface area contributed by atoms with E-state index in [1.54, 1.807) is 16.9 Å². The third-order valence-electron chi connectivity index (χ3n) is 9.11. The Labute approximate surface area is 227 Å². The number of pyridine rings is 1. The molecule has 39 heavy (non-hydrogen) atoms. The maximum absolute atomic E-state index is 14.3. The number of hydrogen-bond acceptors (Lipinski definition) is 6. The zero-order chi connectivity index (χ0) is 27.8. The van der Waals surface area contributed by atoms with Gasteiger partial charge in [-0.2, -0.15) is 13.2 Å². The topological polar surface area (TPSA) is 81.2 Å². The lowest BCUT2D eigenvalue weighted by molar-refractivity contribution is -0.144. The Kier molecular flexibility index (Phi) is 8.10. The standard InChI is InChI=1S/C28H38F3N3O5/c1-3-7-39-26(36)34-15-22-10-18(9-19-5-8-38-16-24(19)37-2)12-27(22,17-34)25(35)33-6-4-23-20(14-33)11-21(13-32-23)28(29,30)31/h11,13,18-19,22,24H,3-10,12,14-17H2,1-2H3/t18-,19?,22+,24?,27+/m1/s1. The number of ether oxygens (including phenoxy) is 3. The van der Waals surface area contributed by atoms with E-state index in [4.69, 9.17) is 14.2 Å². The van der Waals surface area contributed by atoms with Gasteiger partial charge in [0, 0.05) is 58.2 Å². The lowest BCUT2D eigenvalue weighted by Gasteiger charge is -2.37. The molecule has 216 valence electrons. The molecule has 11 heteroatoms. The van der Waals surface area contributed by atoms with Crippen LogP contribution in [0.4, 0.5) is 18.0 Å². The number of nitrogens with zero attached hydrogens (tertiary/aromatic N) is 3. The minimum absolute atomic E-state index is 0.0222. The fourth-order valence-electron chi connectivity index (χ4n) is 7.22. The molecule has 4 heterocycles. The molecule has 4 aliphatic rings. The molecule has 2 saturated heterocycles. The number of aromatic nitrogens is 1. The fourth-order valence-corrected chi connectivity index (χ4v) is 7.22. The van der Waals surface area contributed by atoms with Crippen LogP contribution in [-0.4, -0.2) is 79.5 Å². The van der Waals surface area contributed by atoms with Gasteiger partial charge in [-0.1, -0.05) is 6.92 Å². The molecule has 3 fully saturated rings. The second kappa shape index (κ2) is 11.2. The van der Waals surface area contributed by atoms with Crippen LogP contribution in [0.2, 0.25) is 0 Å². The Morgan fingerprint density at radius 2 is 2.10 bits per heavy atom. The first-order valence-corrected chi connectivity index (χ1v) is 14.0. The van der Waals surface area contributed by atoms with Gasteiger partial charge >= 0.3 is 12.3 Å². The zero-order valence-electron chi connectivity index (χ0n) is 22.7. The average Bonchev–Trinajstić information content (AvgIpc) is 3.45. The highest BCUT2D eigenvalue weighted by molar-refractivity contribution is 5.85. The van der Waals surface area contributed by atoms with Crippen molar-refractivity contribution in [3.63, 3.8) is 0 Å². The highest BCUT2D eigenvalue weighted by atomic mass is 19.4. The minimum Gasteiger partial charge on any atom is -0.449 e. The smallest absolute Gasteiger partial charge is 0.417 e. The Morgan fingerprint density at radius 3 is 2.85 bits per heavy atom. The van der Waals surface area contributed by atoms with Crippen molar-refractivity contribution in [1.82, 2.24) is 14.8 Å². The van der Waals surface area contributed by atoms with Gasteiger partial charge in [-0.05, 0) is 61.5 Å². The van der Waals surface area contributed by atoms with Crippen LogP contribution in [0, 0.1) is 23.2 Å².